The van der Waals surface area contributed by atoms with Gasteiger partial charge in [-0.3, -0.25) is 4.79 Å². The molecule has 0 spiro atoms. The molecule has 7 nitrogen and oxygen atoms in total. The fourth-order valence-corrected chi connectivity index (χ4v) is 5.76. The number of piperidine rings is 1. The molecule has 0 atom stereocenters. The fourth-order valence-electron chi connectivity index (χ4n) is 4.70. The van der Waals surface area contributed by atoms with Gasteiger partial charge < -0.3 is 14.4 Å². The number of halogens is 3. The molecule has 0 bridgehead atoms. The highest BCUT2D eigenvalue weighted by atomic mass is 35.5. The first-order valence-electron chi connectivity index (χ1n) is 12.3. The number of rotatable bonds is 10. The first kappa shape index (κ1) is 28.0. The van der Waals surface area contributed by atoms with Crippen molar-refractivity contribution in [2.24, 2.45) is 5.92 Å². The largest absolute Gasteiger partial charge is 0.495 e. The Bertz CT molecular complexity index is 1260. The predicted molar refractivity (Wildman–Crippen MR) is 142 cm³/mol. The highest BCUT2D eigenvalue weighted by molar-refractivity contribution is 7.89. The minimum absolute atomic E-state index is 0.194. The topological polar surface area (TPSA) is 84.9 Å². The lowest BCUT2D eigenvalue weighted by atomic mass is 9.97. The van der Waals surface area contributed by atoms with Gasteiger partial charge in [0, 0.05) is 17.6 Å². The van der Waals surface area contributed by atoms with Crippen LogP contribution in [0.3, 0.4) is 0 Å². The molecular weight excluding hydrogens is 542 g/mol. The summed E-state index contributed by atoms with van der Waals surface area (Å²) in [7, 11) is -2.19. The summed E-state index contributed by atoms with van der Waals surface area (Å²) in [6.07, 6.45) is 5.38. The van der Waals surface area contributed by atoms with Crippen LogP contribution < -0.4 is 14.2 Å². The van der Waals surface area contributed by atoms with Gasteiger partial charge in [0.2, 0.25) is 10.0 Å². The number of nitrogens with zero attached hydrogens (tertiary/aromatic N) is 1. The lowest BCUT2D eigenvalue weighted by Crippen LogP contribution is -2.36. The number of amides is 1. The molecule has 2 aromatic rings. The highest BCUT2D eigenvalue weighted by Gasteiger charge is 2.30. The maximum absolute atomic E-state index is 14.7. The van der Waals surface area contributed by atoms with Gasteiger partial charge in [0.15, 0.2) is 0 Å². The second kappa shape index (κ2) is 11.8. The third kappa shape index (κ3) is 7.50. The van der Waals surface area contributed by atoms with E-state index in [0.29, 0.717) is 34.1 Å². The summed E-state index contributed by atoms with van der Waals surface area (Å²) >= 11 is 12.4. The summed E-state index contributed by atoms with van der Waals surface area (Å²) in [5, 5.41) is 1.09. The van der Waals surface area contributed by atoms with Crippen LogP contribution in [0.5, 0.6) is 11.5 Å². The van der Waals surface area contributed by atoms with E-state index in [1.807, 2.05) is 10.8 Å². The molecule has 0 unspecified atom stereocenters. The van der Waals surface area contributed by atoms with E-state index in [0.717, 1.165) is 69.1 Å². The van der Waals surface area contributed by atoms with Crippen LogP contribution >= 0.6 is 23.2 Å². The molecule has 2 aromatic carbocycles. The van der Waals surface area contributed by atoms with Crippen molar-refractivity contribution in [2.75, 3.05) is 39.6 Å². The molecule has 2 aliphatic rings. The smallest absolute Gasteiger partial charge is 0.267 e. The SMILES string of the molecule is COc1c(Cl)cc(Cl)cc1CCN1CCC(COc2cc(F)c(C(=O)NS(C)(=O)=O)cc2C2CC2)CC1. The number of sulfonamides is 1. The summed E-state index contributed by atoms with van der Waals surface area (Å²) in [4.78, 5) is 14.6. The minimum atomic E-state index is -3.79. The zero-order valence-electron chi connectivity index (χ0n) is 20.9. The van der Waals surface area contributed by atoms with E-state index < -0.39 is 21.7 Å². The van der Waals surface area contributed by atoms with Crippen molar-refractivity contribution in [2.45, 2.75) is 38.0 Å². The van der Waals surface area contributed by atoms with Crippen molar-refractivity contribution in [3.63, 3.8) is 0 Å². The normalized spacial score (nSPS) is 17.0. The van der Waals surface area contributed by atoms with Crippen LogP contribution in [-0.2, 0) is 16.4 Å². The van der Waals surface area contributed by atoms with Gasteiger partial charge in [-0.05, 0) is 86.4 Å². The van der Waals surface area contributed by atoms with E-state index in [9.17, 15) is 17.6 Å². The maximum Gasteiger partial charge on any atom is 0.267 e. The van der Waals surface area contributed by atoms with Crippen LogP contribution in [-0.4, -0.2) is 58.8 Å². The Balaban J connectivity index is 1.32. The molecule has 1 saturated carbocycles. The highest BCUT2D eigenvalue weighted by Crippen LogP contribution is 2.45. The number of benzene rings is 2. The number of likely N-dealkylation sites (tertiary alicyclic amines) is 1. The summed E-state index contributed by atoms with van der Waals surface area (Å²) in [5.74, 6) is -0.157. The second-order valence-electron chi connectivity index (χ2n) is 9.77. The lowest BCUT2D eigenvalue weighted by molar-refractivity contribution is 0.0977. The number of ether oxygens (including phenoxy) is 2. The Kier molecular flexibility index (Phi) is 8.89. The molecule has 4 rings (SSSR count). The van der Waals surface area contributed by atoms with Gasteiger partial charge in [-0.1, -0.05) is 23.2 Å². The molecule has 1 aliphatic heterocycles. The predicted octanol–water partition coefficient (Wildman–Crippen LogP) is 5.04. The average Bonchev–Trinajstić information content (AvgIpc) is 3.66. The first-order valence-corrected chi connectivity index (χ1v) is 14.9. The number of hydrogen-bond donors (Lipinski definition) is 1. The third-order valence-corrected chi connectivity index (χ3v) is 7.86. The van der Waals surface area contributed by atoms with Gasteiger partial charge in [-0.25, -0.2) is 17.5 Å². The number of carbonyl (C=O) groups is 1. The van der Waals surface area contributed by atoms with Crippen LogP contribution in [0.15, 0.2) is 24.3 Å². The second-order valence-corrected chi connectivity index (χ2v) is 12.4. The van der Waals surface area contributed by atoms with Gasteiger partial charge in [0.25, 0.3) is 5.91 Å². The van der Waals surface area contributed by atoms with Gasteiger partial charge in [0.05, 0.1) is 30.6 Å². The number of nitrogens with one attached hydrogen (secondary N) is 1. The molecule has 1 saturated heterocycles. The van der Waals surface area contributed by atoms with Gasteiger partial charge in [-0.2, -0.15) is 0 Å². The van der Waals surface area contributed by atoms with Crippen LogP contribution in [0.2, 0.25) is 10.0 Å². The summed E-state index contributed by atoms with van der Waals surface area (Å²) < 4.78 is 50.8. The minimum Gasteiger partial charge on any atom is -0.495 e. The van der Waals surface area contributed by atoms with Gasteiger partial charge in [0.1, 0.15) is 17.3 Å². The molecular formula is C26H31Cl2FN2O5S. The van der Waals surface area contributed by atoms with E-state index in [-0.39, 0.29) is 11.5 Å². The van der Waals surface area contributed by atoms with Crippen LogP contribution in [0.25, 0.3) is 0 Å². The number of carbonyl (C=O) groups excluding carboxylic acids is 1. The Morgan fingerprint density at radius 3 is 2.46 bits per heavy atom. The molecule has 1 amide bonds. The van der Waals surface area contributed by atoms with E-state index in [1.54, 1.807) is 13.2 Å². The number of hydrogen-bond acceptors (Lipinski definition) is 6. The van der Waals surface area contributed by atoms with E-state index in [4.69, 9.17) is 32.7 Å². The summed E-state index contributed by atoms with van der Waals surface area (Å²) in [6, 6.07) is 6.21. The number of methoxy groups -OCH3 is 1. The van der Waals surface area contributed by atoms with Gasteiger partial charge in [-0.15, -0.1) is 0 Å². The van der Waals surface area contributed by atoms with E-state index in [1.165, 1.54) is 12.1 Å². The van der Waals surface area contributed by atoms with Crippen molar-refractivity contribution in [1.82, 2.24) is 9.62 Å². The molecule has 202 valence electrons. The molecule has 0 aromatic heterocycles. The Hall–Kier alpha value is -2.07. The average molecular weight is 574 g/mol. The standard InChI is InChI=1S/C26H31Cl2FN2O5S/c1-35-25-18(11-19(27)12-22(25)28)7-10-31-8-5-16(6-9-31)15-36-24-14-23(29)21(13-20(24)17-3-4-17)26(32)30-37(2,33)34/h11-14,16-17H,3-10,15H2,1-2H3,(H,30,32). The molecule has 1 aliphatic carbocycles. The van der Waals surface area contributed by atoms with Crippen molar-refractivity contribution < 1.29 is 27.1 Å². The van der Waals surface area contributed by atoms with Crippen LogP contribution in [0, 0.1) is 11.7 Å². The molecule has 1 heterocycles. The summed E-state index contributed by atoms with van der Waals surface area (Å²) in [6.45, 7) is 3.15. The Morgan fingerprint density at radius 2 is 1.84 bits per heavy atom. The van der Waals surface area contributed by atoms with Crippen molar-refractivity contribution in [3.8, 4) is 11.5 Å². The van der Waals surface area contributed by atoms with E-state index in [2.05, 4.69) is 4.90 Å². The molecule has 37 heavy (non-hydrogen) atoms. The quantitative estimate of drug-likeness (QED) is 0.429. The zero-order valence-corrected chi connectivity index (χ0v) is 23.2. The Morgan fingerprint density at radius 1 is 1.14 bits per heavy atom. The first-order chi connectivity index (χ1) is 17.5. The maximum atomic E-state index is 14.7. The lowest BCUT2D eigenvalue weighted by Gasteiger charge is -2.32. The monoisotopic (exact) mass is 572 g/mol. The summed E-state index contributed by atoms with van der Waals surface area (Å²) in [5.41, 5.74) is 1.45. The zero-order chi connectivity index (χ0) is 26.7. The van der Waals surface area contributed by atoms with Gasteiger partial charge >= 0.3 is 0 Å². The molecule has 2 fully saturated rings. The van der Waals surface area contributed by atoms with Crippen molar-refractivity contribution in [1.29, 1.82) is 0 Å². The molecule has 1 N–H and O–H groups in total. The molecule has 11 heteroatoms. The van der Waals surface area contributed by atoms with Crippen molar-refractivity contribution in [3.05, 3.63) is 56.8 Å². The van der Waals surface area contributed by atoms with Crippen molar-refractivity contribution >= 4 is 39.1 Å². The van der Waals surface area contributed by atoms with Crippen LogP contribution in [0.4, 0.5) is 4.39 Å². The Labute approximate surface area is 227 Å². The molecule has 0 radical (unpaired) electrons. The third-order valence-electron chi connectivity index (χ3n) is 6.81. The fraction of sp³-hybridized carbons (Fsp3) is 0.500. The van der Waals surface area contributed by atoms with Crippen LogP contribution in [0.1, 0.15) is 53.1 Å². The van der Waals surface area contributed by atoms with E-state index >= 15 is 0 Å².